The zero-order valence-corrected chi connectivity index (χ0v) is 9.55. The summed E-state index contributed by atoms with van der Waals surface area (Å²) in [7, 11) is 1.71. The first kappa shape index (κ1) is 10.9. The highest BCUT2D eigenvalue weighted by Gasteiger charge is 2.04. The smallest absolute Gasteiger partial charge is 0.243 e. The zero-order valence-electron chi connectivity index (χ0n) is 9.55. The van der Waals surface area contributed by atoms with Crippen LogP contribution in [0.2, 0.25) is 0 Å². The van der Waals surface area contributed by atoms with Gasteiger partial charge >= 0.3 is 0 Å². The Kier molecular flexibility index (Phi) is 3.36. The molecule has 16 heavy (non-hydrogen) atoms. The fraction of sp³-hybridized carbons (Fsp3) is 0.455. The summed E-state index contributed by atoms with van der Waals surface area (Å²) in [5.41, 5.74) is 0.851. The molecule has 5 nitrogen and oxygen atoms in total. The van der Waals surface area contributed by atoms with Gasteiger partial charge in [0.05, 0.1) is 6.61 Å². The summed E-state index contributed by atoms with van der Waals surface area (Å²) in [6.07, 6.45) is 1.88. The molecular weight excluding hydrogens is 204 g/mol. The molecule has 2 rings (SSSR count). The third-order valence-corrected chi connectivity index (χ3v) is 2.30. The predicted molar refractivity (Wildman–Crippen MR) is 62.5 cm³/mol. The quantitative estimate of drug-likeness (QED) is 0.828. The van der Waals surface area contributed by atoms with Crippen molar-refractivity contribution in [2.24, 2.45) is 5.92 Å². The minimum Gasteiger partial charge on any atom is -0.384 e. The summed E-state index contributed by atoms with van der Waals surface area (Å²) < 4.78 is 6.82. The molecule has 0 bridgehead atoms. The highest BCUT2D eigenvalue weighted by molar-refractivity contribution is 5.42. The van der Waals surface area contributed by atoms with Gasteiger partial charge in [-0.05, 0) is 18.1 Å². The van der Waals surface area contributed by atoms with Crippen LogP contribution in [0.4, 0.5) is 5.95 Å². The third kappa shape index (κ3) is 2.49. The second-order valence-electron chi connectivity index (χ2n) is 3.88. The van der Waals surface area contributed by atoms with Gasteiger partial charge in [-0.15, -0.1) is 5.10 Å². The number of methoxy groups -OCH3 is 1. The Labute approximate surface area is 94.4 Å². The molecule has 5 heteroatoms. The van der Waals surface area contributed by atoms with Crippen molar-refractivity contribution in [3.8, 4) is 0 Å². The molecule has 0 amide bonds. The number of ether oxygens (including phenoxy) is 1. The van der Waals surface area contributed by atoms with Crippen LogP contribution in [0.25, 0.3) is 5.65 Å². The maximum absolute atomic E-state index is 5.06. The summed E-state index contributed by atoms with van der Waals surface area (Å²) in [4.78, 5) is 4.34. The van der Waals surface area contributed by atoms with Gasteiger partial charge in [0.1, 0.15) is 0 Å². The molecule has 2 aromatic rings. The second kappa shape index (κ2) is 4.94. The van der Waals surface area contributed by atoms with Crippen LogP contribution >= 0.6 is 0 Å². The fourth-order valence-corrected chi connectivity index (χ4v) is 1.52. The molecular formula is C11H16N4O. The van der Waals surface area contributed by atoms with Crippen molar-refractivity contribution in [2.45, 2.75) is 6.92 Å². The normalized spacial score (nSPS) is 12.9. The number of nitrogens with one attached hydrogen (secondary N) is 1. The molecule has 86 valence electrons. The summed E-state index contributed by atoms with van der Waals surface area (Å²) >= 11 is 0. The van der Waals surface area contributed by atoms with E-state index in [0.29, 0.717) is 11.9 Å². The lowest BCUT2D eigenvalue weighted by Crippen LogP contribution is -2.16. The fourth-order valence-electron chi connectivity index (χ4n) is 1.52. The molecule has 1 atom stereocenters. The van der Waals surface area contributed by atoms with Gasteiger partial charge in [-0.2, -0.15) is 4.98 Å². The van der Waals surface area contributed by atoms with Crippen molar-refractivity contribution in [1.29, 1.82) is 0 Å². The minimum absolute atomic E-state index is 0.441. The molecule has 1 N–H and O–H groups in total. The molecule has 0 saturated heterocycles. The van der Waals surface area contributed by atoms with Crippen molar-refractivity contribution in [3.05, 3.63) is 24.4 Å². The maximum atomic E-state index is 5.06. The molecule has 0 aromatic carbocycles. The minimum atomic E-state index is 0.441. The average molecular weight is 220 g/mol. The molecule has 0 radical (unpaired) electrons. The van der Waals surface area contributed by atoms with Gasteiger partial charge in [0.15, 0.2) is 5.65 Å². The van der Waals surface area contributed by atoms with Crippen molar-refractivity contribution in [2.75, 3.05) is 25.6 Å². The number of rotatable bonds is 5. The number of fused-ring (bicyclic) bond motifs is 1. The highest BCUT2D eigenvalue weighted by Crippen LogP contribution is 2.05. The Balaban J connectivity index is 1.99. The van der Waals surface area contributed by atoms with Crippen LogP contribution in [0.5, 0.6) is 0 Å². The van der Waals surface area contributed by atoms with Crippen LogP contribution in [0.15, 0.2) is 24.4 Å². The van der Waals surface area contributed by atoms with Crippen LogP contribution in [0.3, 0.4) is 0 Å². The summed E-state index contributed by atoms with van der Waals surface area (Å²) in [5, 5.41) is 7.49. The van der Waals surface area contributed by atoms with E-state index in [1.165, 1.54) is 0 Å². The molecule has 2 aromatic heterocycles. The Morgan fingerprint density at radius 2 is 2.38 bits per heavy atom. The van der Waals surface area contributed by atoms with E-state index < -0.39 is 0 Å². The number of hydrogen-bond acceptors (Lipinski definition) is 4. The van der Waals surface area contributed by atoms with Crippen LogP contribution in [-0.4, -0.2) is 34.9 Å². The number of pyridine rings is 1. The first-order chi connectivity index (χ1) is 7.79. The number of hydrogen-bond donors (Lipinski definition) is 1. The Hall–Kier alpha value is -1.62. The number of anilines is 1. The van der Waals surface area contributed by atoms with E-state index in [1.807, 2.05) is 24.4 Å². The Morgan fingerprint density at radius 3 is 3.12 bits per heavy atom. The largest absolute Gasteiger partial charge is 0.384 e. The number of aromatic nitrogens is 3. The monoisotopic (exact) mass is 220 g/mol. The van der Waals surface area contributed by atoms with Crippen molar-refractivity contribution in [3.63, 3.8) is 0 Å². The van der Waals surface area contributed by atoms with Crippen LogP contribution in [0, 0.1) is 5.92 Å². The second-order valence-corrected chi connectivity index (χ2v) is 3.88. The van der Waals surface area contributed by atoms with Gasteiger partial charge in [-0.3, -0.25) is 0 Å². The lowest BCUT2D eigenvalue weighted by molar-refractivity contribution is 0.164. The van der Waals surface area contributed by atoms with E-state index in [2.05, 4.69) is 22.3 Å². The first-order valence-corrected chi connectivity index (χ1v) is 5.34. The SMILES string of the molecule is COCC(C)CNc1nc2ccccn2n1. The van der Waals surface area contributed by atoms with Crippen LogP contribution in [0.1, 0.15) is 6.92 Å². The first-order valence-electron chi connectivity index (χ1n) is 5.34. The van der Waals surface area contributed by atoms with Crippen molar-refractivity contribution in [1.82, 2.24) is 14.6 Å². The van der Waals surface area contributed by atoms with Crippen LogP contribution in [-0.2, 0) is 4.74 Å². The van der Waals surface area contributed by atoms with Gasteiger partial charge in [-0.1, -0.05) is 13.0 Å². The zero-order chi connectivity index (χ0) is 11.4. The highest BCUT2D eigenvalue weighted by atomic mass is 16.5. The van der Waals surface area contributed by atoms with Gasteiger partial charge in [0, 0.05) is 19.9 Å². The van der Waals surface area contributed by atoms with E-state index in [1.54, 1.807) is 11.6 Å². The Bertz CT molecular complexity index is 421. The van der Waals surface area contributed by atoms with Crippen molar-refractivity contribution >= 4 is 11.6 Å². The standard InChI is InChI=1S/C11H16N4O/c1-9(8-16-2)7-12-11-13-10-5-3-4-6-15(10)14-11/h3-6,9H,7-8H2,1-2H3,(H,12,14). The van der Waals surface area contributed by atoms with E-state index in [-0.39, 0.29) is 0 Å². The van der Waals surface area contributed by atoms with Gasteiger partial charge in [0.25, 0.3) is 0 Å². The molecule has 0 aliphatic rings. The summed E-state index contributed by atoms with van der Waals surface area (Å²) in [5.74, 6) is 1.10. The third-order valence-electron chi connectivity index (χ3n) is 2.30. The lowest BCUT2D eigenvalue weighted by atomic mass is 10.2. The molecule has 0 fully saturated rings. The molecule has 0 aliphatic heterocycles. The van der Waals surface area contributed by atoms with E-state index in [4.69, 9.17) is 4.74 Å². The topological polar surface area (TPSA) is 51.5 Å². The lowest BCUT2D eigenvalue weighted by Gasteiger charge is -2.09. The molecule has 1 unspecified atom stereocenters. The van der Waals surface area contributed by atoms with E-state index >= 15 is 0 Å². The van der Waals surface area contributed by atoms with Gasteiger partial charge < -0.3 is 10.1 Å². The average Bonchev–Trinajstić information content (AvgIpc) is 2.69. The molecule has 0 aliphatic carbocycles. The summed E-state index contributed by atoms with van der Waals surface area (Å²) in [6.45, 7) is 3.66. The van der Waals surface area contributed by atoms with E-state index in [9.17, 15) is 0 Å². The maximum Gasteiger partial charge on any atom is 0.243 e. The molecule has 2 heterocycles. The molecule has 0 spiro atoms. The Morgan fingerprint density at radius 1 is 1.50 bits per heavy atom. The van der Waals surface area contributed by atoms with Gasteiger partial charge in [0.2, 0.25) is 5.95 Å². The molecule has 0 saturated carbocycles. The van der Waals surface area contributed by atoms with Gasteiger partial charge in [-0.25, -0.2) is 4.52 Å². The summed E-state index contributed by atoms with van der Waals surface area (Å²) in [6, 6.07) is 5.80. The number of nitrogens with zero attached hydrogens (tertiary/aromatic N) is 3. The predicted octanol–water partition coefficient (Wildman–Crippen LogP) is 1.42. The van der Waals surface area contributed by atoms with E-state index in [0.717, 1.165) is 18.8 Å². The van der Waals surface area contributed by atoms with Crippen molar-refractivity contribution < 1.29 is 4.74 Å². The van der Waals surface area contributed by atoms with Crippen LogP contribution < -0.4 is 5.32 Å².